The minimum absolute atomic E-state index is 0.0385. The summed E-state index contributed by atoms with van der Waals surface area (Å²) in [5.41, 5.74) is -0.325. The molecular formula is C9H4BrF2NO2. The molecule has 78 valence electrons. The molecule has 1 aromatic carbocycles. The summed E-state index contributed by atoms with van der Waals surface area (Å²) in [7, 11) is 0. The first-order chi connectivity index (χ1) is 7.00. The van der Waals surface area contributed by atoms with Crippen molar-refractivity contribution < 1.29 is 18.7 Å². The minimum atomic E-state index is -1.22. The Morgan fingerprint density at radius 3 is 2.60 bits per heavy atom. The molecule has 2 N–H and O–H groups in total. The van der Waals surface area contributed by atoms with Crippen LogP contribution in [-0.4, -0.2) is 16.1 Å². The Balaban J connectivity index is 2.82. The molecular weight excluding hydrogens is 272 g/mol. The molecule has 0 aliphatic carbocycles. The van der Waals surface area contributed by atoms with Crippen molar-refractivity contribution in [2.45, 2.75) is 0 Å². The third kappa shape index (κ3) is 1.50. The normalized spacial score (nSPS) is 10.9. The molecule has 0 aliphatic heterocycles. The average molecular weight is 276 g/mol. The van der Waals surface area contributed by atoms with Crippen molar-refractivity contribution in [3.8, 4) is 0 Å². The number of fused-ring (bicyclic) bond motifs is 1. The lowest BCUT2D eigenvalue weighted by Gasteiger charge is -1.97. The molecule has 0 saturated carbocycles. The number of hydrogen-bond acceptors (Lipinski definition) is 1. The predicted octanol–water partition coefficient (Wildman–Crippen LogP) is 2.91. The van der Waals surface area contributed by atoms with E-state index in [1.165, 1.54) is 12.1 Å². The zero-order chi connectivity index (χ0) is 11.2. The Morgan fingerprint density at radius 2 is 2.00 bits per heavy atom. The van der Waals surface area contributed by atoms with Crippen LogP contribution >= 0.6 is 15.9 Å². The third-order valence-corrected chi connectivity index (χ3v) is 2.56. The molecule has 0 bridgehead atoms. The molecule has 2 aromatic rings. The second-order valence-corrected chi connectivity index (χ2v) is 3.79. The van der Waals surface area contributed by atoms with Crippen LogP contribution in [0.1, 0.15) is 10.5 Å². The highest BCUT2D eigenvalue weighted by Crippen LogP contribution is 2.27. The van der Waals surface area contributed by atoms with Crippen molar-refractivity contribution in [3.05, 3.63) is 33.9 Å². The molecule has 1 heterocycles. The number of carboxylic acid groups (broad SMARTS) is 1. The summed E-state index contributed by atoms with van der Waals surface area (Å²) >= 11 is 2.84. The van der Waals surface area contributed by atoms with Gasteiger partial charge in [0.1, 0.15) is 5.69 Å². The number of aromatic carboxylic acids is 1. The number of benzene rings is 1. The number of rotatable bonds is 1. The van der Waals surface area contributed by atoms with Crippen molar-refractivity contribution in [2.24, 2.45) is 0 Å². The van der Waals surface area contributed by atoms with Gasteiger partial charge in [-0.15, -0.1) is 0 Å². The highest BCUT2D eigenvalue weighted by atomic mass is 79.9. The van der Waals surface area contributed by atoms with Gasteiger partial charge < -0.3 is 10.1 Å². The zero-order valence-electron chi connectivity index (χ0n) is 7.14. The third-order valence-electron chi connectivity index (χ3n) is 1.98. The fourth-order valence-corrected chi connectivity index (χ4v) is 1.72. The Morgan fingerprint density at radius 1 is 1.33 bits per heavy atom. The van der Waals surface area contributed by atoms with Crippen LogP contribution in [-0.2, 0) is 0 Å². The van der Waals surface area contributed by atoms with E-state index in [2.05, 4.69) is 20.9 Å². The number of nitrogens with one attached hydrogen (secondary N) is 1. The molecule has 6 heteroatoms. The van der Waals surface area contributed by atoms with E-state index < -0.39 is 17.6 Å². The number of carboxylic acids is 1. The summed E-state index contributed by atoms with van der Waals surface area (Å²) in [5.74, 6) is -3.35. The summed E-state index contributed by atoms with van der Waals surface area (Å²) in [5, 5.41) is 8.96. The molecule has 0 aliphatic rings. The Kier molecular flexibility index (Phi) is 2.22. The van der Waals surface area contributed by atoms with Gasteiger partial charge in [-0.1, -0.05) is 0 Å². The number of carbonyl (C=O) groups is 1. The van der Waals surface area contributed by atoms with Crippen molar-refractivity contribution in [3.63, 3.8) is 0 Å². The SMILES string of the molecule is O=C(O)c1cc2cc(Br)c(F)c(F)c2[nH]1. The first-order valence-corrected chi connectivity index (χ1v) is 4.69. The van der Waals surface area contributed by atoms with Gasteiger partial charge in [-0.25, -0.2) is 13.6 Å². The van der Waals surface area contributed by atoms with Gasteiger partial charge >= 0.3 is 5.97 Å². The van der Waals surface area contributed by atoms with Gasteiger partial charge in [0.15, 0.2) is 11.6 Å². The second-order valence-electron chi connectivity index (χ2n) is 2.94. The summed E-state index contributed by atoms with van der Waals surface area (Å²) in [6.07, 6.45) is 0. The maximum Gasteiger partial charge on any atom is 0.352 e. The number of H-pyrrole nitrogens is 1. The van der Waals surface area contributed by atoms with Crippen LogP contribution in [0.25, 0.3) is 10.9 Å². The fraction of sp³-hybridized carbons (Fsp3) is 0. The number of halogens is 3. The predicted molar refractivity (Wildman–Crippen MR) is 52.9 cm³/mol. The van der Waals surface area contributed by atoms with Crippen LogP contribution in [0.5, 0.6) is 0 Å². The molecule has 0 spiro atoms. The smallest absolute Gasteiger partial charge is 0.352 e. The standard InChI is InChI=1S/C9H4BrF2NO2/c10-4-1-3-2-5(9(14)15)13-8(3)7(12)6(4)11/h1-2,13H,(H,14,15). The van der Waals surface area contributed by atoms with Gasteiger partial charge in [0.05, 0.1) is 9.99 Å². The van der Waals surface area contributed by atoms with Crippen LogP contribution in [0, 0.1) is 11.6 Å². The fourth-order valence-electron chi connectivity index (χ4n) is 1.30. The van der Waals surface area contributed by atoms with Gasteiger partial charge in [0.2, 0.25) is 0 Å². The summed E-state index contributed by atoms with van der Waals surface area (Å²) in [4.78, 5) is 12.9. The molecule has 1 aromatic heterocycles. The summed E-state index contributed by atoms with van der Waals surface area (Å²) in [6, 6.07) is 2.56. The van der Waals surface area contributed by atoms with Crippen molar-refractivity contribution in [2.75, 3.05) is 0 Å². The second kappa shape index (κ2) is 3.30. The molecule has 3 nitrogen and oxygen atoms in total. The molecule has 0 amide bonds. The van der Waals surface area contributed by atoms with Crippen molar-refractivity contribution >= 4 is 32.8 Å². The Labute approximate surface area is 90.8 Å². The largest absolute Gasteiger partial charge is 0.477 e. The van der Waals surface area contributed by atoms with Crippen LogP contribution in [0.2, 0.25) is 0 Å². The van der Waals surface area contributed by atoms with Crippen LogP contribution in [0.4, 0.5) is 8.78 Å². The van der Waals surface area contributed by atoms with Gasteiger partial charge in [-0.05, 0) is 28.1 Å². The van der Waals surface area contributed by atoms with E-state index in [0.29, 0.717) is 5.39 Å². The van der Waals surface area contributed by atoms with Gasteiger partial charge in [-0.3, -0.25) is 0 Å². The molecule has 0 unspecified atom stereocenters. The first kappa shape index (κ1) is 10.1. The van der Waals surface area contributed by atoms with Crippen LogP contribution < -0.4 is 0 Å². The van der Waals surface area contributed by atoms with Gasteiger partial charge in [0, 0.05) is 5.39 Å². The van der Waals surface area contributed by atoms with Crippen molar-refractivity contribution in [1.82, 2.24) is 4.98 Å². The van der Waals surface area contributed by atoms with E-state index >= 15 is 0 Å². The van der Waals surface area contributed by atoms with Crippen LogP contribution in [0.3, 0.4) is 0 Å². The Bertz CT molecular complexity index is 565. The lowest BCUT2D eigenvalue weighted by molar-refractivity contribution is 0.0691. The lowest BCUT2D eigenvalue weighted by Crippen LogP contribution is -1.95. The van der Waals surface area contributed by atoms with E-state index in [1.54, 1.807) is 0 Å². The maximum absolute atomic E-state index is 13.3. The number of hydrogen-bond donors (Lipinski definition) is 2. The highest BCUT2D eigenvalue weighted by Gasteiger charge is 2.16. The van der Waals surface area contributed by atoms with E-state index in [4.69, 9.17) is 5.11 Å². The van der Waals surface area contributed by atoms with E-state index in [1.807, 2.05) is 0 Å². The molecule has 0 saturated heterocycles. The topological polar surface area (TPSA) is 53.1 Å². The first-order valence-electron chi connectivity index (χ1n) is 3.90. The van der Waals surface area contributed by atoms with E-state index in [0.717, 1.165) is 0 Å². The maximum atomic E-state index is 13.3. The minimum Gasteiger partial charge on any atom is -0.477 e. The van der Waals surface area contributed by atoms with Crippen molar-refractivity contribution in [1.29, 1.82) is 0 Å². The molecule has 15 heavy (non-hydrogen) atoms. The average Bonchev–Trinajstić information content (AvgIpc) is 2.58. The molecule has 0 fully saturated rings. The van der Waals surface area contributed by atoms with Crippen LogP contribution in [0.15, 0.2) is 16.6 Å². The molecule has 0 radical (unpaired) electrons. The van der Waals surface area contributed by atoms with E-state index in [9.17, 15) is 13.6 Å². The molecule has 0 atom stereocenters. The zero-order valence-corrected chi connectivity index (χ0v) is 8.73. The number of aromatic nitrogens is 1. The van der Waals surface area contributed by atoms with Gasteiger partial charge in [-0.2, -0.15) is 0 Å². The number of aromatic amines is 1. The Hall–Kier alpha value is -1.43. The highest BCUT2D eigenvalue weighted by molar-refractivity contribution is 9.10. The molecule has 2 rings (SSSR count). The lowest BCUT2D eigenvalue weighted by atomic mass is 10.2. The quantitative estimate of drug-likeness (QED) is 0.787. The summed E-state index contributed by atoms with van der Waals surface area (Å²) < 4.78 is 26.3. The van der Waals surface area contributed by atoms with E-state index in [-0.39, 0.29) is 15.7 Å². The van der Waals surface area contributed by atoms with Gasteiger partial charge in [0.25, 0.3) is 0 Å². The monoisotopic (exact) mass is 275 g/mol. The summed E-state index contributed by atoms with van der Waals surface area (Å²) in [6.45, 7) is 0.